The first-order valence-corrected chi connectivity index (χ1v) is 7.32. The highest BCUT2D eigenvalue weighted by molar-refractivity contribution is 9.10. The number of nitrogens with one attached hydrogen (secondary N) is 1. The first-order valence-electron chi connectivity index (χ1n) is 6.52. The van der Waals surface area contributed by atoms with Crippen molar-refractivity contribution in [3.8, 4) is 0 Å². The fourth-order valence-corrected chi connectivity index (χ4v) is 2.43. The lowest BCUT2D eigenvalue weighted by molar-refractivity contribution is 0.0936. The molecule has 0 bridgehead atoms. The van der Waals surface area contributed by atoms with Gasteiger partial charge in [0.25, 0.3) is 5.91 Å². The molecular weight excluding hydrogens is 316 g/mol. The second-order valence-corrected chi connectivity index (χ2v) is 5.49. The van der Waals surface area contributed by atoms with E-state index in [1.165, 1.54) is 0 Å². The van der Waals surface area contributed by atoms with Crippen molar-refractivity contribution in [1.82, 2.24) is 5.32 Å². The number of rotatable bonds is 4. The van der Waals surface area contributed by atoms with Crippen LogP contribution in [-0.2, 0) is 0 Å². The Morgan fingerprint density at radius 2 is 1.95 bits per heavy atom. The topological polar surface area (TPSA) is 55.1 Å². The van der Waals surface area contributed by atoms with E-state index in [1.54, 1.807) is 12.1 Å². The van der Waals surface area contributed by atoms with E-state index < -0.39 is 0 Å². The third kappa shape index (κ3) is 3.39. The van der Waals surface area contributed by atoms with Gasteiger partial charge in [-0.05, 0) is 30.2 Å². The van der Waals surface area contributed by atoms with Crippen LogP contribution >= 0.6 is 15.9 Å². The second kappa shape index (κ2) is 6.57. The molecule has 0 saturated carbocycles. The van der Waals surface area contributed by atoms with E-state index in [0.29, 0.717) is 11.3 Å². The Bertz CT molecular complexity index is 599. The quantitative estimate of drug-likeness (QED) is 0.834. The van der Waals surface area contributed by atoms with Crippen molar-refractivity contribution in [2.75, 3.05) is 5.73 Å². The van der Waals surface area contributed by atoms with Crippen LogP contribution in [0.4, 0.5) is 5.69 Å². The zero-order valence-electron chi connectivity index (χ0n) is 11.3. The first kappa shape index (κ1) is 14.6. The minimum atomic E-state index is -0.153. The molecule has 0 aliphatic rings. The van der Waals surface area contributed by atoms with Crippen LogP contribution in [0.25, 0.3) is 0 Å². The maximum atomic E-state index is 12.3. The van der Waals surface area contributed by atoms with Crippen LogP contribution in [0.5, 0.6) is 0 Å². The van der Waals surface area contributed by atoms with Gasteiger partial charge in [0.05, 0.1) is 11.6 Å². The van der Waals surface area contributed by atoms with E-state index in [9.17, 15) is 4.79 Å². The molecule has 4 heteroatoms. The van der Waals surface area contributed by atoms with Crippen LogP contribution in [0.15, 0.2) is 53.0 Å². The van der Waals surface area contributed by atoms with Crippen LogP contribution < -0.4 is 11.1 Å². The minimum Gasteiger partial charge on any atom is -0.398 e. The standard InChI is InChI=1S/C16H17BrN2O/c1-2-15(11-6-4-3-5-7-11)19-16(20)13-10-12(17)8-9-14(13)18/h3-10,15H,2,18H2,1H3,(H,19,20). The fraction of sp³-hybridized carbons (Fsp3) is 0.188. The van der Waals surface area contributed by atoms with Crippen molar-refractivity contribution in [2.45, 2.75) is 19.4 Å². The van der Waals surface area contributed by atoms with Crippen molar-refractivity contribution in [2.24, 2.45) is 0 Å². The minimum absolute atomic E-state index is 0.0120. The summed E-state index contributed by atoms with van der Waals surface area (Å²) >= 11 is 3.36. The number of carbonyl (C=O) groups is 1. The molecule has 0 aromatic heterocycles. The van der Waals surface area contributed by atoms with Gasteiger partial charge in [-0.25, -0.2) is 0 Å². The number of amides is 1. The number of benzene rings is 2. The summed E-state index contributed by atoms with van der Waals surface area (Å²) in [5, 5.41) is 3.03. The Morgan fingerprint density at radius 1 is 1.25 bits per heavy atom. The molecule has 0 spiro atoms. The highest BCUT2D eigenvalue weighted by Crippen LogP contribution is 2.21. The predicted molar refractivity (Wildman–Crippen MR) is 85.5 cm³/mol. The summed E-state index contributed by atoms with van der Waals surface area (Å²) in [5.74, 6) is -0.153. The van der Waals surface area contributed by atoms with Crippen molar-refractivity contribution in [3.63, 3.8) is 0 Å². The lowest BCUT2D eigenvalue weighted by Crippen LogP contribution is -2.28. The Kier molecular flexibility index (Phi) is 4.79. The van der Waals surface area contributed by atoms with Crippen molar-refractivity contribution in [3.05, 3.63) is 64.1 Å². The summed E-state index contributed by atoms with van der Waals surface area (Å²) in [4.78, 5) is 12.3. The predicted octanol–water partition coefficient (Wildman–Crippen LogP) is 3.91. The van der Waals surface area contributed by atoms with Gasteiger partial charge in [0.1, 0.15) is 0 Å². The molecule has 3 N–H and O–H groups in total. The van der Waals surface area contributed by atoms with Crippen LogP contribution in [0.2, 0.25) is 0 Å². The van der Waals surface area contributed by atoms with Crippen LogP contribution in [0.3, 0.4) is 0 Å². The maximum absolute atomic E-state index is 12.3. The molecule has 0 fully saturated rings. The molecule has 2 rings (SSSR count). The molecule has 104 valence electrons. The van der Waals surface area contributed by atoms with Gasteiger partial charge < -0.3 is 11.1 Å². The smallest absolute Gasteiger partial charge is 0.253 e. The average molecular weight is 333 g/mol. The maximum Gasteiger partial charge on any atom is 0.253 e. The molecule has 3 nitrogen and oxygen atoms in total. The fourth-order valence-electron chi connectivity index (χ4n) is 2.07. The molecule has 20 heavy (non-hydrogen) atoms. The van der Waals surface area contributed by atoms with Gasteiger partial charge in [0.2, 0.25) is 0 Å². The van der Waals surface area contributed by atoms with Crippen LogP contribution in [0.1, 0.15) is 35.3 Å². The normalized spacial score (nSPS) is 11.9. The first-order chi connectivity index (χ1) is 9.61. The van der Waals surface area contributed by atoms with Crippen molar-refractivity contribution >= 4 is 27.5 Å². The Morgan fingerprint density at radius 3 is 2.60 bits per heavy atom. The number of anilines is 1. The molecule has 2 aromatic rings. The van der Waals surface area contributed by atoms with Gasteiger partial charge >= 0.3 is 0 Å². The van der Waals surface area contributed by atoms with Crippen LogP contribution in [0, 0.1) is 0 Å². The number of carbonyl (C=O) groups excluding carboxylic acids is 1. The molecule has 1 amide bonds. The summed E-state index contributed by atoms with van der Waals surface area (Å²) in [7, 11) is 0. The van der Waals surface area contributed by atoms with Gasteiger partial charge in [0, 0.05) is 10.2 Å². The van der Waals surface area contributed by atoms with Crippen molar-refractivity contribution < 1.29 is 4.79 Å². The summed E-state index contributed by atoms with van der Waals surface area (Å²) in [6.07, 6.45) is 0.823. The number of hydrogen-bond donors (Lipinski definition) is 2. The van der Waals surface area contributed by atoms with Gasteiger partial charge in [-0.3, -0.25) is 4.79 Å². The monoisotopic (exact) mass is 332 g/mol. The van der Waals surface area contributed by atoms with E-state index >= 15 is 0 Å². The van der Waals surface area contributed by atoms with E-state index in [0.717, 1.165) is 16.5 Å². The van der Waals surface area contributed by atoms with Gasteiger partial charge in [-0.2, -0.15) is 0 Å². The van der Waals surface area contributed by atoms with Gasteiger partial charge in [-0.15, -0.1) is 0 Å². The Hall–Kier alpha value is -1.81. The van der Waals surface area contributed by atoms with Crippen molar-refractivity contribution in [1.29, 1.82) is 0 Å². The molecule has 0 saturated heterocycles. The summed E-state index contributed by atoms with van der Waals surface area (Å²) in [5.41, 5.74) is 7.93. The molecule has 0 aliphatic carbocycles. The lowest BCUT2D eigenvalue weighted by Gasteiger charge is -2.18. The molecule has 1 atom stereocenters. The molecule has 0 radical (unpaired) electrons. The van der Waals surface area contributed by atoms with E-state index in [2.05, 4.69) is 21.2 Å². The number of nitrogens with two attached hydrogens (primary N) is 1. The third-order valence-electron chi connectivity index (χ3n) is 3.18. The zero-order valence-corrected chi connectivity index (χ0v) is 12.9. The SMILES string of the molecule is CCC(NC(=O)c1cc(Br)ccc1N)c1ccccc1. The third-order valence-corrected chi connectivity index (χ3v) is 3.67. The summed E-state index contributed by atoms with van der Waals surface area (Å²) < 4.78 is 0.838. The average Bonchev–Trinajstić information content (AvgIpc) is 2.48. The number of nitrogen functional groups attached to an aromatic ring is 1. The second-order valence-electron chi connectivity index (χ2n) is 4.58. The molecule has 0 aliphatic heterocycles. The Balaban J connectivity index is 2.20. The summed E-state index contributed by atoms with van der Waals surface area (Å²) in [6.45, 7) is 2.04. The largest absolute Gasteiger partial charge is 0.398 e. The zero-order chi connectivity index (χ0) is 14.5. The molecule has 2 aromatic carbocycles. The number of hydrogen-bond acceptors (Lipinski definition) is 2. The molecule has 0 heterocycles. The molecular formula is C16H17BrN2O. The Labute approximate surface area is 127 Å². The van der Waals surface area contributed by atoms with E-state index in [-0.39, 0.29) is 11.9 Å². The van der Waals surface area contributed by atoms with Gasteiger partial charge in [0.15, 0.2) is 0 Å². The van der Waals surface area contributed by atoms with E-state index in [4.69, 9.17) is 5.73 Å². The van der Waals surface area contributed by atoms with Crippen LogP contribution in [-0.4, -0.2) is 5.91 Å². The highest BCUT2D eigenvalue weighted by Gasteiger charge is 2.16. The number of halogens is 1. The lowest BCUT2D eigenvalue weighted by atomic mass is 10.0. The van der Waals surface area contributed by atoms with Gasteiger partial charge in [-0.1, -0.05) is 53.2 Å². The molecule has 1 unspecified atom stereocenters. The van der Waals surface area contributed by atoms with E-state index in [1.807, 2.05) is 43.3 Å². The summed E-state index contributed by atoms with van der Waals surface area (Å²) in [6, 6.07) is 15.2. The highest BCUT2D eigenvalue weighted by atomic mass is 79.9.